The zero-order valence-corrected chi connectivity index (χ0v) is 12.5. The summed E-state index contributed by atoms with van der Waals surface area (Å²) >= 11 is 2.17. The van der Waals surface area contributed by atoms with Gasteiger partial charge < -0.3 is 10.0 Å². The second-order valence-corrected chi connectivity index (χ2v) is 6.93. The van der Waals surface area contributed by atoms with Crippen molar-refractivity contribution in [1.82, 2.24) is 4.90 Å². The molecular weight excluding hydrogens is 270 g/mol. The molecule has 0 unspecified atom stereocenters. The van der Waals surface area contributed by atoms with E-state index in [-0.39, 0.29) is 12.4 Å². The number of carbonyl (C=O) groups is 1. The summed E-state index contributed by atoms with van der Waals surface area (Å²) in [5.41, 5.74) is 0. The standard InChI is InChI=1S/C13H23NO2S.ClH/c15-12(16)5-4-8-14-9-10-17-13(11-14)6-2-1-3-7-13;/h1-11H2,(H,15,16);1H. The van der Waals surface area contributed by atoms with Crippen LogP contribution < -0.4 is 0 Å². The van der Waals surface area contributed by atoms with Crippen molar-refractivity contribution >= 4 is 30.1 Å². The van der Waals surface area contributed by atoms with Crippen LogP contribution in [0.3, 0.4) is 0 Å². The Kier molecular flexibility index (Phi) is 6.82. The highest BCUT2D eigenvalue weighted by Gasteiger charge is 2.36. The summed E-state index contributed by atoms with van der Waals surface area (Å²) in [6, 6.07) is 0. The van der Waals surface area contributed by atoms with Crippen LogP contribution in [-0.2, 0) is 4.79 Å². The molecule has 0 radical (unpaired) electrons. The highest BCUT2D eigenvalue weighted by molar-refractivity contribution is 8.00. The molecule has 1 saturated carbocycles. The Bertz CT molecular complexity index is 264. The zero-order valence-electron chi connectivity index (χ0n) is 10.9. The van der Waals surface area contributed by atoms with E-state index in [9.17, 15) is 4.79 Å². The normalized spacial score (nSPS) is 23.6. The number of thioether (sulfide) groups is 1. The number of halogens is 1. The van der Waals surface area contributed by atoms with Gasteiger partial charge in [0.25, 0.3) is 0 Å². The predicted molar refractivity (Wildman–Crippen MR) is 78.8 cm³/mol. The molecule has 0 aromatic rings. The first-order chi connectivity index (χ1) is 8.20. The first-order valence-corrected chi connectivity index (χ1v) is 7.77. The molecule has 0 aromatic carbocycles. The highest BCUT2D eigenvalue weighted by atomic mass is 35.5. The van der Waals surface area contributed by atoms with E-state index in [1.807, 2.05) is 0 Å². The molecule has 1 aliphatic heterocycles. The fraction of sp³-hybridized carbons (Fsp3) is 0.923. The molecule has 1 saturated heterocycles. The van der Waals surface area contributed by atoms with Crippen LogP contribution in [0.2, 0.25) is 0 Å². The first kappa shape index (κ1) is 16.1. The van der Waals surface area contributed by atoms with E-state index >= 15 is 0 Å². The maximum absolute atomic E-state index is 10.5. The van der Waals surface area contributed by atoms with Gasteiger partial charge in [0.1, 0.15) is 0 Å². The van der Waals surface area contributed by atoms with Crippen LogP contribution in [0.4, 0.5) is 0 Å². The lowest BCUT2D eigenvalue weighted by Crippen LogP contribution is -2.47. The maximum Gasteiger partial charge on any atom is 0.303 e. The van der Waals surface area contributed by atoms with E-state index in [0.29, 0.717) is 11.2 Å². The molecule has 0 atom stereocenters. The second-order valence-electron chi connectivity index (χ2n) is 5.37. The van der Waals surface area contributed by atoms with Gasteiger partial charge in [-0.1, -0.05) is 19.3 Å². The Morgan fingerprint density at radius 1 is 1.28 bits per heavy atom. The number of carboxylic acid groups (broad SMARTS) is 1. The summed E-state index contributed by atoms with van der Waals surface area (Å²) in [6.45, 7) is 3.30. The molecule has 2 aliphatic rings. The summed E-state index contributed by atoms with van der Waals surface area (Å²) in [5, 5.41) is 8.66. The van der Waals surface area contributed by atoms with Crippen molar-refractivity contribution in [2.75, 3.05) is 25.4 Å². The zero-order chi connectivity index (χ0) is 12.1. The molecule has 18 heavy (non-hydrogen) atoms. The van der Waals surface area contributed by atoms with Crippen molar-refractivity contribution in [2.24, 2.45) is 0 Å². The summed E-state index contributed by atoms with van der Waals surface area (Å²) < 4.78 is 0.514. The summed E-state index contributed by atoms with van der Waals surface area (Å²) in [5.74, 6) is 0.566. The van der Waals surface area contributed by atoms with Crippen LogP contribution in [0.1, 0.15) is 44.9 Å². The van der Waals surface area contributed by atoms with Gasteiger partial charge in [-0.15, -0.1) is 12.4 Å². The molecule has 1 spiro atoms. The van der Waals surface area contributed by atoms with Crippen molar-refractivity contribution < 1.29 is 9.90 Å². The second kappa shape index (κ2) is 7.61. The third-order valence-electron chi connectivity index (χ3n) is 3.96. The molecule has 0 bridgehead atoms. The van der Waals surface area contributed by atoms with Crippen molar-refractivity contribution in [3.05, 3.63) is 0 Å². The molecular formula is C13H24ClNO2S. The molecule has 1 heterocycles. The molecule has 0 amide bonds. The predicted octanol–water partition coefficient (Wildman–Crippen LogP) is 3.02. The molecule has 3 nitrogen and oxygen atoms in total. The number of nitrogens with zero attached hydrogens (tertiary/aromatic N) is 1. The first-order valence-electron chi connectivity index (χ1n) is 6.78. The molecule has 5 heteroatoms. The topological polar surface area (TPSA) is 40.5 Å². The SMILES string of the molecule is Cl.O=C(O)CCCN1CCSC2(CCCCC2)C1. The van der Waals surface area contributed by atoms with Crippen molar-refractivity contribution in [2.45, 2.75) is 49.7 Å². The number of carboxylic acids is 1. The van der Waals surface area contributed by atoms with Crippen LogP contribution in [0.15, 0.2) is 0 Å². The third-order valence-corrected chi connectivity index (χ3v) is 5.49. The lowest BCUT2D eigenvalue weighted by Gasteiger charge is -2.44. The summed E-state index contributed by atoms with van der Waals surface area (Å²) in [6.07, 6.45) is 8.03. The van der Waals surface area contributed by atoms with Gasteiger partial charge in [-0.05, 0) is 25.8 Å². The number of rotatable bonds is 4. The quantitative estimate of drug-likeness (QED) is 0.865. The van der Waals surface area contributed by atoms with Crippen molar-refractivity contribution in [3.8, 4) is 0 Å². The Morgan fingerprint density at radius 2 is 2.00 bits per heavy atom. The third kappa shape index (κ3) is 4.63. The molecule has 0 aromatic heterocycles. The monoisotopic (exact) mass is 293 g/mol. The van der Waals surface area contributed by atoms with Gasteiger partial charge in [-0.2, -0.15) is 11.8 Å². The van der Waals surface area contributed by atoms with Crippen LogP contribution in [0.25, 0.3) is 0 Å². The largest absolute Gasteiger partial charge is 0.481 e. The van der Waals surface area contributed by atoms with Crippen molar-refractivity contribution in [1.29, 1.82) is 0 Å². The van der Waals surface area contributed by atoms with E-state index in [2.05, 4.69) is 16.7 Å². The van der Waals surface area contributed by atoms with Gasteiger partial charge in [0.05, 0.1) is 0 Å². The van der Waals surface area contributed by atoms with Gasteiger partial charge in [-0.3, -0.25) is 4.79 Å². The fourth-order valence-electron chi connectivity index (χ4n) is 3.07. The molecule has 1 aliphatic carbocycles. The van der Waals surface area contributed by atoms with E-state index in [4.69, 9.17) is 5.11 Å². The smallest absolute Gasteiger partial charge is 0.303 e. The average Bonchev–Trinajstić information content (AvgIpc) is 2.29. The van der Waals surface area contributed by atoms with Gasteiger partial charge in [0.2, 0.25) is 0 Å². The molecule has 1 N–H and O–H groups in total. The Morgan fingerprint density at radius 3 is 2.67 bits per heavy atom. The van der Waals surface area contributed by atoms with Gasteiger partial charge in [0.15, 0.2) is 0 Å². The van der Waals surface area contributed by atoms with E-state index in [1.165, 1.54) is 44.4 Å². The van der Waals surface area contributed by atoms with E-state index < -0.39 is 5.97 Å². The van der Waals surface area contributed by atoms with Crippen LogP contribution in [0.5, 0.6) is 0 Å². The summed E-state index contributed by atoms with van der Waals surface area (Å²) in [4.78, 5) is 13.0. The minimum Gasteiger partial charge on any atom is -0.481 e. The van der Waals surface area contributed by atoms with Crippen molar-refractivity contribution in [3.63, 3.8) is 0 Å². The van der Waals surface area contributed by atoms with Gasteiger partial charge in [0, 0.05) is 30.0 Å². The molecule has 2 rings (SSSR count). The van der Waals surface area contributed by atoms with Crippen LogP contribution >= 0.6 is 24.2 Å². The lowest BCUT2D eigenvalue weighted by atomic mass is 9.87. The number of aliphatic carboxylic acids is 1. The average molecular weight is 294 g/mol. The van der Waals surface area contributed by atoms with Gasteiger partial charge >= 0.3 is 5.97 Å². The maximum atomic E-state index is 10.5. The number of hydrogen-bond donors (Lipinski definition) is 1. The Balaban J connectivity index is 0.00000162. The van der Waals surface area contributed by atoms with Crippen LogP contribution in [-0.4, -0.2) is 46.1 Å². The van der Waals surface area contributed by atoms with Crippen LogP contribution in [0, 0.1) is 0 Å². The molecule has 2 fully saturated rings. The molecule has 106 valence electrons. The Hall–Kier alpha value is 0.0700. The highest BCUT2D eigenvalue weighted by Crippen LogP contribution is 2.42. The minimum absolute atomic E-state index is 0. The summed E-state index contributed by atoms with van der Waals surface area (Å²) in [7, 11) is 0. The minimum atomic E-state index is -0.663. The van der Waals surface area contributed by atoms with E-state index in [0.717, 1.165) is 19.5 Å². The fourth-order valence-corrected chi connectivity index (χ4v) is 4.70. The van der Waals surface area contributed by atoms with Gasteiger partial charge in [-0.25, -0.2) is 0 Å². The lowest BCUT2D eigenvalue weighted by molar-refractivity contribution is -0.137. The number of hydrogen-bond acceptors (Lipinski definition) is 3. The Labute approximate surface area is 120 Å². The van der Waals surface area contributed by atoms with E-state index in [1.54, 1.807) is 0 Å².